The molecule has 0 aliphatic carbocycles. The molecule has 6 nitrogen and oxygen atoms in total. The Morgan fingerprint density at radius 2 is 2.00 bits per heavy atom. The third-order valence-corrected chi connectivity index (χ3v) is 6.67. The molecule has 156 valence electrons. The number of benzene rings is 1. The van der Waals surface area contributed by atoms with E-state index >= 15 is 0 Å². The van der Waals surface area contributed by atoms with Crippen molar-refractivity contribution < 1.29 is 14.7 Å². The molecule has 2 N–H and O–H groups in total. The summed E-state index contributed by atoms with van der Waals surface area (Å²) in [5.41, 5.74) is 4.27. The first-order chi connectivity index (χ1) is 14.5. The van der Waals surface area contributed by atoms with E-state index in [2.05, 4.69) is 47.3 Å². The van der Waals surface area contributed by atoms with Crippen molar-refractivity contribution in [1.82, 2.24) is 4.98 Å². The molecule has 1 aromatic carbocycles. The molecule has 7 heteroatoms. The van der Waals surface area contributed by atoms with E-state index < -0.39 is 0 Å². The summed E-state index contributed by atoms with van der Waals surface area (Å²) in [5, 5.41) is 2.85. The summed E-state index contributed by atoms with van der Waals surface area (Å²) in [6.45, 7) is 10.8. The summed E-state index contributed by atoms with van der Waals surface area (Å²) in [5.74, 6) is 1.17. The monoisotopic (exact) mass is 423 g/mol. The number of carbonyl (C=O) groups is 1. The molecule has 1 saturated heterocycles. The lowest BCUT2D eigenvalue weighted by atomic mass is 10.1. The Hall–Kier alpha value is -2.77. The molecule has 3 aromatic rings. The molecule has 1 amide bonds. The number of aromatic amines is 1. The average Bonchev–Trinajstić information content (AvgIpc) is 3.20. The highest BCUT2D eigenvalue weighted by atomic mass is 32.1. The number of thiazole rings is 1. The van der Waals surface area contributed by atoms with Crippen LogP contribution in [0.2, 0.25) is 0 Å². The molecule has 0 bridgehead atoms. The molecule has 1 aliphatic heterocycles. The number of aryl methyl sites for hydroxylation is 1. The molecule has 0 atom stereocenters. The van der Waals surface area contributed by atoms with Gasteiger partial charge < -0.3 is 4.90 Å². The number of H-pyrrole nitrogens is 1. The standard InChI is InChI=1S/C23H27N5OS/c1-17-7-6-8-21(18(17)2)28(19(3)29)23-25-20(16-30-23)15-26-11-13-27(14-12-26)22-9-4-5-10-24-22/h4-10,16H,11-15H2,1-3H3/p+2. The molecule has 2 aromatic heterocycles. The molecule has 0 saturated carbocycles. The van der Waals surface area contributed by atoms with E-state index in [0.29, 0.717) is 0 Å². The summed E-state index contributed by atoms with van der Waals surface area (Å²) in [6, 6.07) is 12.3. The predicted octanol–water partition coefficient (Wildman–Crippen LogP) is 2.16. The Morgan fingerprint density at radius 3 is 2.70 bits per heavy atom. The lowest BCUT2D eigenvalue weighted by molar-refractivity contribution is -0.914. The molecule has 30 heavy (non-hydrogen) atoms. The van der Waals surface area contributed by atoms with Crippen LogP contribution in [0.5, 0.6) is 0 Å². The van der Waals surface area contributed by atoms with Crippen molar-refractivity contribution in [2.45, 2.75) is 27.3 Å². The van der Waals surface area contributed by atoms with Gasteiger partial charge in [0.2, 0.25) is 5.91 Å². The van der Waals surface area contributed by atoms with Crippen molar-refractivity contribution in [2.24, 2.45) is 0 Å². The predicted molar refractivity (Wildman–Crippen MR) is 120 cm³/mol. The number of rotatable bonds is 5. The van der Waals surface area contributed by atoms with Crippen molar-refractivity contribution >= 4 is 33.9 Å². The van der Waals surface area contributed by atoms with Gasteiger partial charge in [0.05, 0.1) is 11.9 Å². The lowest BCUT2D eigenvalue weighted by Crippen LogP contribution is -3.13. The normalized spacial score (nSPS) is 14.7. The summed E-state index contributed by atoms with van der Waals surface area (Å²) < 4.78 is 0. The molecule has 3 heterocycles. The van der Waals surface area contributed by atoms with Crippen LogP contribution in [0.4, 0.5) is 16.6 Å². The summed E-state index contributed by atoms with van der Waals surface area (Å²) >= 11 is 1.55. The first-order valence-corrected chi connectivity index (χ1v) is 11.3. The number of nitrogens with zero attached hydrogens (tertiary/aromatic N) is 3. The van der Waals surface area contributed by atoms with E-state index in [0.717, 1.165) is 54.8 Å². The van der Waals surface area contributed by atoms with E-state index in [4.69, 9.17) is 4.98 Å². The van der Waals surface area contributed by atoms with Crippen LogP contribution in [-0.2, 0) is 11.3 Å². The van der Waals surface area contributed by atoms with Crippen molar-refractivity contribution in [1.29, 1.82) is 0 Å². The molecule has 0 unspecified atom stereocenters. The Balaban J connectivity index is 1.44. The van der Waals surface area contributed by atoms with Gasteiger partial charge in [-0.05, 0) is 37.1 Å². The molecular weight excluding hydrogens is 394 g/mol. The van der Waals surface area contributed by atoms with Gasteiger partial charge in [0.25, 0.3) is 5.82 Å². The van der Waals surface area contributed by atoms with E-state index in [1.807, 2.05) is 24.4 Å². The highest BCUT2D eigenvalue weighted by molar-refractivity contribution is 7.14. The first-order valence-electron chi connectivity index (χ1n) is 10.4. The molecule has 1 fully saturated rings. The quantitative estimate of drug-likeness (QED) is 0.684. The van der Waals surface area contributed by atoms with Crippen molar-refractivity contribution in [3.05, 3.63) is 64.8 Å². The van der Waals surface area contributed by atoms with Crippen molar-refractivity contribution in [3.63, 3.8) is 0 Å². The largest absolute Gasteiger partial charge is 0.323 e. The number of aromatic nitrogens is 2. The number of anilines is 3. The number of pyridine rings is 1. The van der Waals surface area contributed by atoms with Crippen LogP contribution in [0.15, 0.2) is 48.0 Å². The molecule has 0 spiro atoms. The molecular formula is C23H29N5OS+2. The van der Waals surface area contributed by atoms with Crippen LogP contribution in [0.3, 0.4) is 0 Å². The first kappa shape index (κ1) is 20.5. The summed E-state index contributed by atoms with van der Waals surface area (Å²) in [6.07, 6.45) is 1.97. The van der Waals surface area contributed by atoms with E-state index in [1.165, 1.54) is 16.3 Å². The van der Waals surface area contributed by atoms with Crippen LogP contribution >= 0.6 is 11.3 Å². The number of quaternary nitrogens is 1. The minimum atomic E-state index is -0.00956. The van der Waals surface area contributed by atoms with Crippen LogP contribution in [0, 0.1) is 13.8 Å². The zero-order valence-corrected chi connectivity index (χ0v) is 18.6. The fourth-order valence-electron chi connectivity index (χ4n) is 3.94. The van der Waals surface area contributed by atoms with Gasteiger partial charge in [0, 0.05) is 18.4 Å². The Morgan fingerprint density at radius 1 is 1.20 bits per heavy atom. The second-order valence-corrected chi connectivity index (χ2v) is 8.69. The molecule has 0 radical (unpaired) electrons. The Labute approximate surface area is 181 Å². The highest BCUT2D eigenvalue weighted by Gasteiger charge is 2.27. The maximum Gasteiger partial charge on any atom is 0.274 e. The van der Waals surface area contributed by atoms with Gasteiger partial charge in [-0.3, -0.25) is 14.6 Å². The minimum absolute atomic E-state index is 0.00956. The zero-order chi connectivity index (χ0) is 21.1. The minimum Gasteiger partial charge on any atom is -0.323 e. The van der Waals surface area contributed by atoms with Gasteiger partial charge in [-0.1, -0.05) is 18.2 Å². The fourth-order valence-corrected chi connectivity index (χ4v) is 4.82. The van der Waals surface area contributed by atoms with Crippen LogP contribution in [-0.4, -0.2) is 37.1 Å². The van der Waals surface area contributed by atoms with Gasteiger partial charge in [-0.25, -0.2) is 9.97 Å². The number of nitrogens with one attached hydrogen (secondary N) is 2. The number of carbonyl (C=O) groups excluding carboxylic acids is 1. The van der Waals surface area contributed by atoms with Crippen LogP contribution < -0.4 is 19.7 Å². The van der Waals surface area contributed by atoms with Crippen molar-refractivity contribution in [2.75, 3.05) is 36.0 Å². The second kappa shape index (κ2) is 8.93. The molecule has 1 aliphatic rings. The second-order valence-electron chi connectivity index (χ2n) is 7.86. The zero-order valence-electron chi connectivity index (χ0n) is 17.8. The number of amides is 1. The summed E-state index contributed by atoms with van der Waals surface area (Å²) in [7, 11) is 0. The van der Waals surface area contributed by atoms with Crippen molar-refractivity contribution in [3.8, 4) is 0 Å². The third kappa shape index (κ3) is 4.37. The smallest absolute Gasteiger partial charge is 0.274 e. The average molecular weight is 424 g/mol. The van der Waals surface area contributed by atoms with Crippen LogP contribution in [0.25, 0.3) is 0 Å². The van der Waals surface area contributed by atoms with Gasteiger partial charge in [0.1, 0.15) is 38.4 Å². The Bertz CT molecular complexity index is 1010. The maximum atomic E-state index is 12.5. The van der Waals surface area contributed by atoms with E-state index in [9.17, 15) is 4.79 Å². The number of piperazine rings is 1. The summed E-state index contributed by atoms with van der Waals surface area (Å²) in [4.78, 5) is 26.3. The van der Waals surface area contributed by atoms with Gasteiger partial charge in [-0.2, -0.15) is 0 Å². The number of hydrogen-bond donors (Lipinski definition) is 1. The topological polar surface area (TPSA) is 55.0 Å². The fraction of sp³-hybridized carbons (Fsp3) is 0.348. The lowest BCUT2D eigenvalue weighted by Gasteiger charge is -2.27. The maximum absolute atomic E-state index is 12.5. The highest BCUT2D eigenvalue weighted by Crippen LogP contribution is 2.32. The molecule has 4 rings (SSSR count). The van der Waals surface area contributed by atoms with Gasteiger partial charge in [0.15, 0.2) is 5.13 Å². The SMILES string of the molecule is CC(=O)N(c1nc(C[NH+]2CCN(c3cccc[nH+]3)CC2)cs1)c1cccc(C)c1C. The Kier molecular flexibility index (Phi) is 6.11. The van der Waals surface area contributed by atoms with Gasteiger partial charge in [-0.15, -0.1) is 11.3 Å². The van der Waals surface area contributed by atoms with E-state index in [-0.39, 0.29) is 5.91 Å². The number of hydrogen-bond acceptors (Lipinski definition) is 4. The van der Waals surface area contributed by atoms with Crippen LogP contribution in [0.1, 0.15) is 23.7 Å². The van der Waals surface area contributed by atoms with E-state index in [1.54, 1.807) is 23.2 Å². The third-order valence-electron chi connectivity index (χ3n) is 5.80. The van der Waals surface area contributed by atoms with Gasteiger partial charge >= 0.3 is 0 Å².